The summed E-state index contributed by atoms with van der Waals surface area (Å²) in [6.45, 7) is 5.69. The molecule has 1 amide bonds. The number of likely N-dealkylation sites (tertiary alicyclic amines) is 1. The summed E-state index contributed by atoms with van der Waals surface area (Å²) >= 11 is 0. The predicted octanol–water partition coefficient (Wildman–Crippen LogP) is 2.24. The highest BCUT2D eigenvalue weighted by molar-refractivity contribution is 5.85. The number of halogens is 3. The Morgan fingerprint density at radius 3 is 2.54 bits per heavy atom. The molecule has 2 heterocycles. The Balaban J connectivity index is 0.00000169. The highest BCUT2D eigenvalue weighted by Gasteiger charge is 2.39. The number of morpholine rings is 1. The van der Waals surface area contributed by atoms with Gasteiger partial charge in [0.2, 0.25) is 5.91 Å². The van der Waals surface area contributed by atoms with Crippen molar-refractivity contribution < 1.29 is 13.9 Å². The average Bonchev–Trinajstić information content (AvgIpc) is 2.99. The molecule has 2 saturated heterocycles. The van der Waals surface area contributed by atoms with Gasteiger partial charge in [0, 0.05) is 31.2 Å². The number of benzene rings is 1. The molecule has 148 valence electrons. The van der Waals surface area contributed by atoms with Crippen molar-refractivity contribution in [3.63, 3.8) is 0 Å². The third kappa shape index (κ3) is 4.87. The fourth-order valence-corrected chi connectivity index (χ4v) is 3.80. The summed E-state index contributed by atoms with van der Waals surface area (Å²) in [7, 11) is 0. The van der Waals surface area contributed by atoms with Crippen LogP contribution in [0.5, 0.6) is 0 Å². The van der Waals surface area contributed by atoms with Gasteiger partial charge in [-0.1, -0.05) is 18.2 Å². The Bertz CT molecular complexity index is 587. The van der Waals surface area contributed by atoms with Crippen molar-refractivity contribution in [2.24, 2.45) is 11.7 Å². The van der Waals surface area contributed by atoms with E-state index in [1.807, 2.05) is 16.7 Å². The van der Waals surface area contributed by atoms with Crippen LogP contribution in [0.3, 0.4) is 0 Å². The standard InChI is InChI=1S/C18H26FN3O2.2ClH/c1-13-10-14(11-20)12-22(13)18(23)17(21-6-8-24-9-7-21)15-4-2-3-5-16(15)19;;/h2-5,13-14,17H,6-12,20H2,1H3;2*1H. The molecule has 2 fully saturated rings. The number of amides is 1. The molecular weight excluding hydrogens is 380 g/mol. The van der Waals surface area contributed by atoms with Crippen LogP contribution in [0.2, 0.25) is 0 Å². The maximum Gasteiger partial charge on any atom is 0.244 e. The van der Waals surface area contributed by atoms with Crippen molar-refractivity contribution in [2.75, 3.05) is 39.4 Å². The minimum absolute atomic E-state index is 0. The number of hydrogen-bond acceptors (Lipinski definition) is 4. The Labute approximate surface area is 166 Å². The van der Waals surface area contributed by atoms with Gasteiger partial charge in [-0.05, 0) is 31.9 Å². The van der Waals surface area contributed by atoms with E-state index in [9.17, 15) is 9.18 Å². The van der Waals surface area contributed by atoms with Gasteiger partial charge < -0.3 is 15.4 Å². The van der Waals surface area contributed by atoms with Crippen LogP contribution in [0, 0.1) is 11.7 Å². The highest BCUT2D eigenvalue weighted by atomic mass is 35.5. The van der Waals surface area contributed by atoms with Gasteiger partial charge >= 0.3 is 0 Å². The average molecular weight is 408 g/mol. The first-order chi connectivity index (χ1) is 11.6. The van der Waals surface area contributed by atoms with Crippen LogP contribution in [0.4, 0.5) is 4.39 Å². The summed E-state index contributed by atoms with van der Waals surface area (Å²) in [5, 5.41) is 0. The molecule has 3 rings (SSSR count). The number of carbonyl (C=O) groups is 1. The lowest BCUT2D eigenvalue weighted by Crippen LogP contribution is -2.48. The van der Waals surface area contributed by atoms with Crippen LogP contribution in [0.15, 0.2) is 24.3 Å². The first-order valence-corrected chi connectivity index (χ1v) is 8.68. The highest BCUT2D eigenvalue weighted by Crippen LogP contribution is 2.31. The molecule has 5 nitrogen and oxygen atoms in total. The van der Waals surface area contributed by atoms with Gasteiger partial charge in [0.15, 0.2) is 0 Å². The van der Waals surface area contributed by atoms with Crippen LogP contribution < -0.4 is 5.73 Å². The number of hydrogen-bond donors (Lipinski definition) is 1. The van der Waals surface area contributed by atoms with Crippen LogP contribution >= 0.6 is 24.8 Å². The SMILES string of the molecule is CC1CC(CN)CN1C(=O)C(c1ccccc1F)N1CCOCC1.Cl.Cl. The predicted molar refractivity (Wildman–Crippen MR) is 104 cm³/mol. The smallest absolute Gasteiger partial charge is 0.244 e. The van der Waals surface area contributed by atoms with Gasteiger partial charge in [0.25, 0.3) is 0 Å². The Morgan fingerprint density at radius 1 is 1.31 bits per heavy atom. The monoisotopic (exact) mass is 407 g/mol. The molecule has 0 saturated carbocycles. The topological polar surface area (TPSA) is 58.8 Å². The van der Waals surface area contributed by atoms with Gasteiger partial charge in [-0.3, -0.25) is 9.69 Å². The van der Waals surface area contributed by atoms with Crippen molar-refractivity contribution in [3.8, 4) is 0 Å². The van der Waals surface area contributed by atoms with Crippen molar-refractivity contribution >= 4 is 30.7 Å². The summed E-state index contributed by atoms with van der Waals surface area (Å²) in [6.07, 6.45) is 0.912. The fourth-order valence-electron chi connectivity index (χ4n) is 3.80. The molecular formula is C18H28Cl2FN3O2. The summed E-state index contributed by atoms with van der Waals surface area (Å²) < 4.78 is 19.8. The van der Waals surface area contributed by atoms with E-state index in [0.29, 0.717) is 50.9 Å². The maximum absolute atomic E-state index is 14.4. The number of nitrogens with two attached hydrogens (primary N) is 1. The molecule has 0 aliphatic carbocycles. The molecule has 0 radical (unpaired) electrons. The zero-order chi connectivity index (χ0) is 17.1. The van der Waals surface area contributed by atoms with E-state index in [1.165, 1.54) is 6.07 Å². The molecule has 8 heteroatoms. The zero-order valence-corrected chi connectivity index (χ0v) is 16.6. The lowest BCUT2D eigenvalue weighted by Gasteiger charge is -2.37. The molecule has 2 aliphatic rings. The van der Waals surface area contributed by atoms with Gasteiger partial charge in [0.1, 0.15) is 11.9 Å². The molecule has 1 aromatic carbocycles. The number of ether oxygens (including phenoxy) is 1. The Hall–Kier alpha value is -0.920. The van der Waals surface area contributed by atoms with E-state index in [-0.39, 0.29) is 42.6 Å². The lowest BCUT2D eigenvalue weighted by atomic mass is 10.0. The fraction of sp³-hybridized carbons (Fsp3) is 0.611. The van der Waals surface area contributed by atoms with Crippen LogP contribution in [0.1, 0.15) is 24.9 Å². The normalized spacial score (nSPS) is 24.5. The third-order valence-electron chi connectivity index (χ3n) is 5.12. The lowest BCUT2D eigenvalue weighted by molar-refractivity contribution is -0.140. The second-order valence-corrected chi connectivity index (χ2v) is 6.75. The summed E-state index contributed by atoms with van der Waals surface area (Å²) in [6, 6.07) is 6.13. The van der Waals surface area contributed by atoms with E-state index in [2.05, 4.69) is 0 Å². The van der Waals surface area contributed by atoms with Gasteiger partial charge in [-0.2, -0.15) is 0 Å². The first kappa shape index (κ1) is 23.1. The number of carbonyl (C=O) groups excluding carboxylic acids is 1. The van der Waals surface area contributed by atoms with Crippen molar-refractivity contribution in [1.82, 2.24) is 9.80 Å². The minimum atomic E-state index is -0.589. The largest absolute Gasteiger partial charge is 0.379 e. The van der Waals surface area contributed by atoms with Crippen molar-refractivity contribution in [1.29, 1.82) is 0 Å². The van der Waals surface area contributed by atoms with Gasteiger partial charge in [0.05, 0.1) is 13.2 Å². The van der Waals surface area contributed by atoms with Crippen LogP contribution in [-0.2, 0) is 9.53 Å². The first-order valence-electron chi connectivity index (χ1n) is 8.68. The van der Waals surface area contributed by atoms with E-state index in [1.54, 1.807) is 18.2 Å². The van der Waals surface area contributed by atoms with Crippen molar-refractivity contribution in [2.45, 2.75) is 25.4 Å². The Morgan fingerprint density at radius 2 is 1.96 bits per heavy atom. The Kier molecular flexibility index (Phi) is 9.27. The van der Waals surface area contributed by atoms with Crippen molar-refractivity contribution in [3.05, 3.63) is 35.6 Å². The minimum Gasteiger partial charge on any atom is -0.379 e. The third-order valence-corrected chi connectivity index (χ3v) is 5.12. The number of rotatable bonds is 4. The second kappa shape index (κ2) is 10.4. The van der Waals surface area contributed by atoms with Gasteiger partial charge in [-0.15, -0.1) is 24.8 Å². The summed E-state index contributed by atoms with van der Waals surface area (Å²) in [5.74, 6) is -0.0232. The molecule has 0 spiro atoms. The quantitative estimate of drug-likeness (QED) is 0.831. The zero-order valence-electron chi connectivity index (χ0n) is 15.0. The van der Waals surface area contributed by atoms with E-state index in [4.69, 9.17) is 10.5 Å². The van der Waals surface area contributed by atoms with E-state index < -0.39 is 6.04 Å². The van der Waals surface area contributed by atoms with Crippen LogP contribution in [-0.4, -0.2) is 61.1 Å². The van der Waals surface area contributed by atoms with E-state index >= 15 is 0 Å². The summed E-state index contributed by atoms with van der Waals surface area (Å²) in [4.78, 5) is 17.2. The molecule has 2 N–H and O–H groups in total. The molecule has 0 bridgehead atoms. The van der Waals surface area contributed by atoms with Gasteiger partial charge in [-0.25, -0.2) is 4.39 Å². The maximum atomic E-state index is 14.4. The van der Waals surface area contributed by atoms with Crippen LogP contribution in [0.25, 0.3) is 0 Å². The molecule has 3 atom stereocenters. The molecule has 26 heavy (non-hydrogen) atoms. The molecule has 2 aliphatic heterocycles. The molecule has 3 unspecified atom stereocenters. The van der Waals surface area contributed by atoms with E-state index in [0.717, 1.165) is 6.42 Å². The number of nitrogens with zero attached hydrogens (tertiary/aromatic N) is 2. The molecule has 1 aromatic rings. The molecule has 0 aromatic heterocycles. The summed E-state index contributed by atoms with van der Waals surface area (Å²) in [5.41, 5.74) is 6.24. The second-order valence-electron chi connectivity index (χ2n) is 6.75.